The van der Waals surface area contributed by atoms with Gasteiger partial charge in [-0.05, 0) is 60.3 Å². The molecule has 0 fully saturated rings. The fraction of sp³-hybridized carbons (Fsp3) is 0.293. The van der Waals surface area contributed by atoms with Gasteiger partial charge in [0.1, 0.15) is 0 Å². The average Bonchev–Trinajstić information content (AvgIpc) is 3.62. The fourth-order valence-corrected chi connectivity index (χ4v) is 7.74. The van der Waals surface area contributed by atoms with Gasteiger partial charge in [0.05, 0.1) is 30.5 Å². The number of aryl methyl sites for hydroxylation is 1. The molecule has 0 saturated heterocycles. The molecule has 0 N–H and O–H groups in total. The Morgan fingerprint density at radius 3 is 2.31 bits per heavy atom. The third-order valence-electron chi connectivity index (χ3n) is 8.51. The van der Waals surface area contributed by atoms with E-state index in [1.54, 1.807) is 0 Å². The van der Waals surface area contributed by atoms with E-state index >= 15 is 0 Å². The topological polar surface area (TPSA) is 56.7 Å². The SMILES string of the molecule is CC(C)Cc1cc(-c2[c-]cccc2)ncc1[Si](C)(C)C.CCn1c(-c2[c-]cc3oc4nc(C(C)C)ccc4c3c2)nc2ccccc21.[Ir]. The van der Waals surface area contributed by atoms with Crippen LogP contribution in [0, 0.1) is 18.1 Å². The number of aromatic nitrogens is 4. The van der Waals surface area contributed by atoms with E-state index in [0.717, 1.165) is 68.7 Å². The van der Waals surface area contributed by atoms with Crippen molar-refractivity contribution in [2.24, 2.45) is 5.92 Å². The van der Waals surface area contributed by atoms with Crippen molar-refractivity contribution < 1.29 is 24.5 Å². The molecule has 4 aromatic heterocycles. The molecule has 0 aliphatic rings. The molecule has 7 heteroatoms. The van der Waals surface area contributed by atoms with Crippen molar-refractivity contribution in [3.8, 4) is 22.6 Å². The summed E-state index contributed by atoms with van der Waals surface area (Å²) in [5.74, 6) is 1.97. The molecule has 0 atom stereocenters. The van der Waals surface area contributed by atoms with Gasteiger partial charge in [0.15, 0.2) is 0 Å². The summed E-state index contributed by atoms with van der Waals surface area (Å²) < 4.78 is 8.21. The van der Waals surface area contributed by atoms with Crippen LogP contribution in [-0.4, -0.2) is 27.6 Å². The molecule has 249 valence electrons. The standard InChI is InChI=1S/C23H20N3O.C18H24NSi.Ir/c1-4-26-20-8-6-5-7-19(20)24-22(26)15-9-12-21-17(13-15)16-10-11-18(14(2)3)25-23(16)27-21;1-14(2)11-16-12-17(15-9-7-6-8-10-15)19-13-18(16)20(3,4)5;/h5-8,10-14H,4H2,1-3H3;6-9,12-14H,11H2,1-5H3;/q2*-1;. The second kappa shape index (κ2) is 14.7. The minimum Gasteiger partial charge on any atom is -0.486 e. The number of benzene rings is 3. The third kappa shape index (κ3) is 7.39. The monoisotopic (exact) mass is 829 g/mol. The van der Waals surface area contributed by atoms with Crippen LogP contribution in [-0.2, 0) is 33.1 Å². The molecule has 0 aliphatic carbocycles. The Morgan fingerprint density at radius 1 is 0.854 bits per heavy atom. The van der Waals surface area contributed by atoms with Gasteiger partial charge in [0.25, 0.3) is 0 Å². The molecule has 7 rings (SSSR count). The summed E-state index contributed by atoms with van der Waals surface area (Å²) in [5.41, 5.74) is 9.25. The maximum atomic E-state index is 5.98. The molecular weight excluding hydrogens is 785 g/mol. The zero-order valence-electron chi connectivity index (χ0n) is 29.2. The van der Waals surface area contributed by atoms with Crippen LogP contribution in [0.1, 0.15) is 51.8 Å². The number of fused-ring (bicyclic) bond motifs is 4. The Bertz CT molecular complexity index is 2160. The van der Waals surface area contributed by atoms with Crippen molar-refractivity contribution in [1.29, 1.82) is 0 Å². The first-order valence-electron chi connectivity index (χ1n) is 16.7. The van der Waals surface area contributed by atoms with Crippen molar-refractivity contribution in [3.63, 3.8) is 0 Å². The smallest absolute Gasteiger partial charge is 0.216 e. The van der Waals surface area contributed by atoms with Crippen LogP contribution in [0.5, 0.6) is 0 Å². The minimum absolute atomic E-state index is 0. The Balaban J connectivity index is 0.000000193. The van der Waals surface area contributed by atoms with Gasteiger partial charge in [0.2, 0.25) is 5.71 Å². The summed E-state index contributed by atoms with van der Waals surface area (Å²) in [6, 6.07) is 33.4. The van der Waals surface area contributed by atoms with Gasteiger partial charge < -0.3 is 14.0 Å². The van der Waals surface area contributed by atoms with Gasteiger partial charge >= 0.3 is 0 Å². The Morgan fingerprint density at radius 2 is 1.62 bits per heavy atom. The Labute approximate surface area is 299 Å². The van der Waals surface area contributed by atoms with Gasteiger partial charge in [-0.3, -0.25) is 4.98 Å². The number of pyridine rings is 2. The maximum absolute atomic E-state index is 5.98. The first-order chi connectivity index (χ1) is 22.5. The molecule has 1 radical (unpaired) electrons. The predicted octanol–water partition coefficient (Wildman–Crippen LogP) is 10.2. The molecule has 0 spiro atoms. The Hall–Kier alpha value is -3.90. The van der Waals surface area contributed by atoms with Crippen LogP contribution in [0.4, 0.5) is 0 Å². The normalized spacial score (nSPS) is 11.7. The number of para-hydroxylation sites is 2. The first-order valence-corrected chi connectivity index (χ1v) is 20.2. The van der Waals surface area contributed by atoms with Crippen LogP contribution in [0.3, 0.4) is 0 Å². The Kier molecular flexibility index (Phi) is 10.8. The van der Waals surface area contributed by atoms with E-state index in [4.69, 9.17) is 9.40 Å². The number of rotatable bonds is 7. The quantitative estimate of drug-likeness (QED) is 0.119. The van der Waals surface area contributed by atoms with E-state index in [9.17, 15) is 0 Å². The van der Waals surface area contributed by atoms with Crippen molar-refractivity contribution in [2.45, 2.75) is 73.1 Å². The molecule has 0 bridgehead atoms. The van der Waals surface area contributed by atoms with Crippen LogP contribution < -0.4 is 5.19 Å². The number of nitrogens with zero attached hydrogens (tertiary/aromatic N) is 4. The van der Waals surface area contributed by atoms with Crippen LogP contribution in [0.2, 0.25) is 19.6 Å². The van der Waals surface area contributed by atoms with E-state index in [-0.39, 0.29) is 20.1 Å². The maximum Gasteiger partial charge on any atom is 0.216 e. The summed E-state index contributed by atoms with van der Waals surface area (Å²) in [6.45, 7) is 19.0. The van der Waals surface area contributed by atoms with Gasteiger partial charge in [0, 0.05) is 43.9 Å². The molecule has 3 aromatic carbocycles. The van der Waals surface area contributed by atoms with Crippen LogP contribution >= 0.6 is 0 Å². The van der Waals surface area contributed by atoms with E-state index in [1.807, 2.05) is 36.4 Å². The van der Waals surface area contributed by atoms with Crippen molar-refractivity contribution in [2.75, 3.05) is 0 Å². The summed E-state index contributed by atoms with van der Waals surface area (Å²) in [7, 11) is -1.34. The largest absolute Gasteiger partial charge is 0.486 e. The van der Waals surface area contributed by atoms with Crippen molar-refractivity contribution >= 4 is 46.4 Å². The molecule has 48 heavy (non-hydrogen) atoms. The second-order valence-electron chi connectivity index (χ2n) is 14.0. The second-order valence-corrected chi connectivity index (χ2v) is 19.0. The van der Waals surface area contributed by atoms with Gasteiger partial charge in [-0.15, -0.1) is 59.7 Å². The van der Waals surface area contributed by atoms with Gasteiger partial charge in [-0.2, -0.15) is 0 Å². The number of hydrogen-bond donors (Lipinski definition) is 0. The van der Waals surface area contributed by atoms with Crippen LogP contribution in [0.25, 0.3) is 55.7 Å². The molecule has 0 unspecified atom stereocenters. The third-order valence-corrected chi connectivity index (χ3v) is 10.6. The summed E-state index contributed by atoms with van der Waals surface area (Å²) in [4.78, 5) is 14.2. The molecular formula is C41H44IrN4OSi-2. The molecule has 0 saturated carbocycles. The molecule has 0 aliphatic heterocycles. The molecule has 7 aromatic rings. The van der Waals surface area contributed by atoms with E-state index in [0.29, 0.717) is 17.5 Å². The van der Waals surface area contributed by atoms with E-state index in [1.165, 1.54) is 10.8 Å². The predicted molar refractivity (Wildman–Crippen MR) is 199 cm³/mol. The molecule has 5 nitrogen and oxygen atoms in total. The van der Waals surface area contributed by atoms with Crippen molar-refractivity contribution in [1.82, 2.24) is 19.5 Å². The van der Waals surface area contributed by atoms with E-state index < -0.39 is 8.07 Å². The molecule has 0 amide bonds. The number of furan rings is 1. The summed E-state index contributed by atoms with van der Waals surface area (Å²) >= 11 is 0. The zero-order chi connectivity index (χ0) is 33.3. The zero-order valence-corrected chi connectivity index (χ0v) is 32.6. The first kappa shape index (κ1) is 35.4. The minimum atomic E-state index is -1.34. The van der Waals surface area contributed by atoms with Gasteiger partial charge in [-0.1, -0.05) is 76.5 Å². The summed E-state index contributed by atoms with van der Waals surface area (Å²) in [6.07, 6.45) is 3.24. The van der Waals surface area contributed by atoms with Gasteiger partial charge in [-0.25, -0.2) is 4.98 Å². The number of imidazole rings is 1. The van der Waals surface area contributed by atoms with Crippen LogP contribution in [0.15, 0.2) is 89.5 Å². The average molecular weight is 829 g/mol. The summed E-state index contributed by atoms with van der Waals surface area (Å²) in [5, 5.41) is 3.57. The van der Waals surface area contributed by atoms with E-state index in [2.05, 4.69) is 130 Å². The molecule has 4 heterocycles. The van der Waals surface area contributed by atoms with Crippen molar-refractivity contribution in [3.05, 3.63) is 108 Å². The number of hydrogen-bond acceptors (Lipinski definition) is 4. The fourth-order valence-electron chi connectivity index (χ4n) is 6.15.